The van der Waals surface area contributed by atoms with E-state index in [9.17, 15) is 5.11 Å². The summed E-state index contributed by atoms with van der Waals surface area (Å²) in [5.74, 6) is 0. The fourth-order valence-electron chi connectivity index (χ4n) is 2.47. The molecule has 1 aromatic heterocycles. The molecular formula is C16H22N2O. The van der Waals surface area contributed by atoms with Gasteiger partial charge in [-0.25, -0.2) is 0 Å². The third-order valence-electron chi connectivity index (χ3n) is 3.76. The Morgan fingerprint density at radius 3 is 2.63 bits per heavy atom. The third-order valence-corrected chi connectivity index (χ3v) is 3.76. The van der Waals surface area contributed by atoms with E-state index in [1.807, 2.05) is 31.6 Å². The van der Waals surface area contributed by atoms with Crippen molar-refractivity contribution in [1.82, 2.24) is 9.78 Å². The molecule has 1 aromatic carbocycles. The van der Waals surface area contributed by atoms with Crippen LogP contribution in [0.4, 0.5) is 0 Å². The van der Waals surface area contributed by atoms with Gasteiger partial charge in [0.1, 0.15) is 0 Å². The minimum Gasteiger partial charge on any atom is -0.385 e. The summed E-state index contributed by atoms with van der Waals surface area (Å²) in [5.41, 5.74) is 3.68. The second-order valence-electron chi connectivity index (χ2n) is 5.54. The molecule has 1 N–H and O–H groups in total. The Morgan fingerprint density at radius 2 is 2.00 bits per heavy atom. The maximum atomic E-state index is 10.8. The summed E-state index contributed by atoms with van der Waals surface area (Å²) in [6.07, 6.45) is 3.30. The third kappa shape index (κ3) is 3.04. The van der Waals surface area contributed by atoms with Crippen LogP contribution in [0.3, 0.4) is 0 Å². The van der Waals surface area contributed by atoms with Crippen molar-refractivity contribution in [1.29, 1.82) is 0 Å². The molecule has 0 radical (unpaired) electrons. The van der Waals surface area contributed by atoms with Crippen molar-refractivity contribution in [2.24, 2.45) is 7.05 Å². The Kier molecular flexibility index (Phi) is 3.76. The molecule has 1 atom stereocenters. The number of rotatable bonds is 4. The molecule has 1 heterocycles. The summed E-state index contributed by atoms with van der Waals surface area (Å²) >= 11 is 0. The van der Waals surface area contributed by atoms with Gasteiger partial charge in [0, 0.05) is 18.9 Å². The molecule has 3 heteroatoms. The molecule has 0 aliphatic rings. The molecular weight excluding hydrogens is 236 g/mol. The van der Waals surface area contributed by atoms with Crippen LogP contribution < -0.4 is 0 Å². The van der Waals surface area contributed by atoms with E-state index >= 15 is 0 Å². The monoisotopic (exact) mass is 258 g/mol. The number of aryl methyl sites for hydroxylation is 4. The van der Waals surface area contributed by atoms with Gasteiger partial charge in [-0.3, -0.25) is 4.68 Å². The van der Waals surface area contributed by atoms with Crippen molar-refractivity contribution in [3.63, 3.8) is 0 Å². The van der Waals surface area contributed by atoms with Gasteiger partial charge in [0.15, 0.2) is 0 Å². The second kappa shape index (κ2) is 5.17. The van der Waals surface area contributed by atoms with Crippen molar-refractivity contribution in [2.75, 3.05) is 0 Å². The zero-order valence-corrected chi connectivity index (χ0v) is 12.1. The summed E-state index contributed by atoms with van der Waals surface area (Å²) in [7, 11) is 1.93. The molecule has 19 heavy (non-hydrogen) atoms. The van der Waals surface area contributed by atoms with E-state index in [1.54, 1.807) is 6.20 Å². The van der Waals surface area contributed by atoms with Gasteiger partial charge in [-0.1, -0.05) is 23.8 Å². The lowest BCUT2D eigenvalue weighted by atomic mass is 9.86. The molecule has 2 aromatic rings. The summed E-state index contributed by atoms with van der Waals surface area (Å²) in [4.78, 5) is 0. The quantitative estimate of drug-likeness (QED) is 0.915. The number of aliphatic hydroxyl groups is 1. The number of benzene rings is 1. The largest absolute Gasteiger partial charge is 0.385 e. The van der Waals surface area contributed by atoms with Crippen LogP contribution >= 0.6 is 0 Å². The maximum absolute atomic E-state index is 10.8. The van der Waals surface area contributed by atoms with E-state index in [0.29, 0.717) is 6.42 Å². The summed E-state index contributed by atoms with van der Waals surface area (Å²) in [6.45, 7) is 6.00. The highest BCUT2D eigenvalue weighted by Gasteiger charge is 2.25. The summed E-state index contributed by atoms with van der Waals surface area (Å²) in [5, 5.41) is 14.9. The van der Waals surface area contributed by atoms with Crippen LogP contribution in [0.5, 0.6) is 0 Å². The van der Waals surface area contributed by atoms with Gasteiger partial charge in [-0.05, 0) is 50.8 Å². The summed E-state index contributed by atoms with van der Waals surface area (Å²) in [6, 6.07) is 8.23. The fourth-order valence-corrected chi connectivity index (χ4v) is 2.47. The van der Waals surface area contributed by atoms with Crippen molar-refractivity contribution in [2.45, 2.75) is 39.2 Å². The Labute approximate surface area is 114 Å². The van der Waals surface area contributed by atoms with Gasteiger partial charge in [-0.15, -0.1) is 0 Å². The van der Waals surface area contributed by atoms with Crippen molar-refractivity contribution in [3.05, 3.63) is 52.8 Å². The first kappa shape index (κ1) is 13.8. The minimum absolute atomic E-state index is 0.691. The lowest BCUT2D eigenvalue weighted by molar-refractivity contribution is 0.0469. The van der Waals surface area contributed by atoms with Gasteiger partial charge >= 0.3 is 0 Å². The molecule has 0 fully saturated rings. The number of nitrogens with zero attached hydrogens (tertiary/aromatic N) is 2. The number of aromatic nitrogens is 2. The SMILES string of the molecule is Cc1ccc(C)c(C(C)(O)CCc2ccnn2C)c1. The van der Waals surface area contributed by atoms with Gasteiger partial charge in [0.25, 0.3) is 0 Å². The van der Waals surface area contributed by atoms with Gasteiger partial charge in [0.05, 0.1) is 5.60 Å². The van der Waals surface area contributed by atoms with E-state index in [-0.39, 0.29) is 0 Å². The van der Waals surface area contributed by atoms with Crippen LogP contribution in [0.15, 0.2) is 30.5 Å². The zero-order chi connectivity index (χ0) is 14.0. The van der Waals surface area contributed by atoms with Crippen molar-refractivity contribution < 1.29 is 5.11 Å². The Hall–Kier alpha value is -1.61. The highest BCUT2D eigenvalue weighted by Crippen LogP contribution is 2.29. The standard InChI is InChI=1S/C16H22N2O/c1-12-5-6-13(2)15(11-12)16(3,19)9-7-14-8-10-17-18(14)4/h5-6,8,10-11,19H,7,9H2,1-4H3. The van der Waals surface area contributed by atoms with Crippen LogP contribution in [-0.4, -0.2) is 14.9 Å². The predicted octanol–water partition coefficient (Wildman–Crippen LogP) is 2.88. The first-order valence-corrected chi connectivity index (χ1v) is 6.67. The van der Waals surface area contributed by atoms with Crippen LogP contribution in [-0.2, 0) is 19.1 Å². The van der Waals surface area contributed by atoms with E-state index in [4.69, 9.17) is 0 Å². The Bertz CT molecular complexity index is 570. The first-order valence-electron chi connectivity index (χ1n) is 6.67. The molecule has 0 amide bonds. The maximum Gasteiger partial charge on any atom is 0.0874 e. The highest BCUT2D eigenvalue weighted by atomic mass is 16.3. The molecule has 2 rings (SSSR count). The van der Waals surface area contributed by atoms with Crippen LogP contribution in [0.25, 0.3) is 0 Å². The van der Waals surface area contributed by atoms with Crippen molar-refractivity contribution in [3.8, 4) is 0 Å². The predicted molar refractivity (Wildman–Crippen MR) is 77.0 cm³/mol. The molecule has 0 saturated carbocycles. The zero-order valence-electron chi connectivity index (χ0n) is 12.1. The lowest BCUT2D eigenvalue weighted by Crippen LogP contribution is -2.24. The molecule has 3 nitrogen and oxygen atoms in total. The molecule has 0 aliphatic heterocycles. The second-order valence-corrected chi connectivity index (χ2v) is 5.54. The minimum atomic E-state index is -0.805. The topological polar surface area (TPSA) is 38.1 Å². The Balaban J connectivity index is 2.18. The van der Waals surface area contributed by atoms with Gasteiger partial charge in [-0.2, -0.15) is 5.10 Å². The van der Waals surface area contributed by atoms with Crippen LogP contribution in [0.1, 0.15) is 35.7 Å². The molecule has 0 bridgehead atoms. The van der Waals surface area contributed by atoms with Crippen molar-refractivity contribution >= 4 is 0 Å². The van der Waals surface area contributed by atoms with E-state index < -0.39 is 5.60 Å². The van der Waals surface area contributed by atoms with E-state index in [1.165, 1.54) is 5.56 Å². The highest BCUT2D eigenvalue weighted by molar-refractivity contribution is 5.34. The van der Waals surface area contributed by atoms with Gasteiger partial charge in [0.2, 0.25) is 0 Å². The van der Waals surface area contributed by atoms with E-state index in [0.717, 1.165) is 23.2 Å². The smallest absolute Gasteiger partial charge is 0.0874 e. The number of hydrogen-bond acceptors (Lipinski definition) is 2. The lowest BCUT2D eigenvalue weighted by Gasteiger charge is -2.26. The molecule has 102 valence electrons. The molecule has 0 aliphatic carbocycles. The Morgan fingerprint density at radius 1 is 1.26 bits per heavy atom. The average molecular weight is 258 g/mol. The normalized spacial score (nSPS) is 14.4. The molecule has 0 spiro atoms. The fraction of sp³-hybridized carbons (Fsp3) is 0.438. The number of hydrogen-bond donors (Lipinski definition) is 1. The van der Waals surface area contributed by atoms with Crippen LogP contribution in [0, 0.1) is 13.8 Å². The first-order chi connectivity index (χ1) is 8.90. The summed E-state index contributed by atoms with van der Waals surface area (Å²) < 4.78 is 1.86. The molecule has 0 saturated heterocycles. The average Bonchev–Trinajstić information content (AvgIpc) is 2.75. The van der Waals surface area contributed by atoms with Gasteiger partial charge < -0.3 is 5.11 Å². The van der Waals surface area contributed by atoms with E-state index in [2.05, 4.69) is 30.2 Å². The van der Waals surface area contributed by atoms with Crippen LogP contribution in [0.2, 0.25) is 0 Å². The molecule has 1 unspecified atom stereocenters.